The van der Waals surface area contributed by atoms with Gasteiger partial charge in [0.05, 0.1) is 25.1 Å². The van der Waals surface area contributed by atoms with Crippen LogP contribution in [0.3, 0.4) is 0 Å². The van der Waals surface area contributed by atoms with Crippen LogP contribution in [0.5, 0.6) is 11.5 Å². The van der Waals surface area contributed by atoms with E-state index in [1.54, 1.807) is 0 Å². The summed E-state index contributed by atoms with van der Waals surface area (Å²) in [4.78, 5) is -1.47. The summed E-state index contributed by atoms with van der Waals surface area (Å²) in [5.74, 6) is 1.55. The molecule has 0 spiro atoms. The maximum Gasteiger partial charge on any atom is 0.168 e. The lowest BCUT2D eigenvalue weighted by Gasteiger charge is -2.50. The van der Waals surface area contributed by atoms with Gasteiger partial charge in [-0.15, -0.1) is 11.8 Å². The van der Waals surface area contributed by atoms with Gasteiger partial charge in [-0.3, -0.25) is 0 Å². The molecule has 0 saturated carbocycles. The van der Waals surface area contributed by atoms with Crippen molar-refractivity contribution in [2.24, 2.45) is 0 Å². The van der Waals surface area contributed by atoms with Crippen LogP contribution in [0.25, 0.3) is 0 Å². The molecule has 1 saturated heterocycles. The van der Waals surface area contributed by atoms with Gasteiger partial charge in [0.2, 0.25) is 0 Å². The molecule has 1 unspecified atom stereocenters. The maximum atomic E-state index is 13.3. The topological polar surface area (TPSA) is 75.6 Å². The molecule has 0 amide bonds. The fourth-order valence-electron chi connectivity index (χ4n) is 5.96. The van der Waals surface area contributed by atoms with E-state index in [0.717, 1.165) is 81.1 Å². The highest BCUT2D eigenvalue weighted by atomic mass is 32.2. The van der Waals surface area contributed by atoms with Crippen molar-refractivity contribution >= 4 is 11.8 Å². The third-order valence-electron chi connectivity index (χ3n) is 8.87. The molecule has 5 atom stereocenters. The predicted octanol–water partition coefficient (Wildman–Crippen LogP) is 9.49. The summed E-state index contributed by atoms with van der Waals surface area (Å²) < 4.78 is 38.6. The van der Waals surface area contributed by atoms with Crippen LogP contribution in [0.15, 0.2) is 42.5 Å². The third kappa shape index (κ3) is 13.0. The van der Waals surface area contributed by atoms with Gasteiger partial charge in [0.15, 0.2) is 4.93 Å². The van der Waals surface area contributed by atoms with E-state index < -0.39 is 17.1 Å². The number of thioether (sulfide) groups is 1. The Labute approximate surface area is 302 Å². The smallest absolute Gasteiger partial charge is 0.168 e. The van der Waals surface area contributed by atoms with Gasteiger partial charge in [-0.1, -0.05) is 84.9 Å². The summed E-state index contributed by atoms with van der Waals surface area (Å²) in [5.41, 5.74) is 2.98. The van der Waals surface area contributed by atoms with Crippen molar-refractivity contribution in [1.82, 2.24) is 0 Å². The zero-order chi connectivity index (χ0) is 35.3. The van der Waals surface area contributed by atoms with Gasteiger partial charge in [-0.25, -0.2) is 0 Å². The van der Waals surface area contributed by atoms with Crippen molar-refractivity contribution in [2.45, 2.75) is 141 Å². The second kappa shape index (κ2) is 23.6. The van der Waals surface area contributed by atoms with Crippen molar-refractivity contribution in [2.75, 3.05) is 46.2 Å². The molecule has 8 heteroatoms. The number of aliphatic hydroxyl groups is 1. The standard InChI is InChI=1S/C41H66O7S/c1-7-13-24-43-31-37-38(46-26-15-9-3)39(47-27-16-10-4)40(48-28-17-11-5)41(42,49-37)35-30-33(20-23-36(35)45-25-14-8-2)29-32-18-21-34(22-19-32)44-12-6/h18-23,30,37-40,42H,7-17,24-29,31H2,1-6H3/t37-,38-,39+,40-,41?/m1/s1. The van der Waals surface area contributed by atoms with Crippen LogP contribution >= 0.6 is 11.8 Å². The van der Waals surface area contributed by atoms with E-state index in [4.69, 9.17) is 28.4 Å². The van der Waals surface area contributed by atoms with E-state index in [9.17, 15) is 5.11 Å². The average molecular weight is 703 g/mol. The Bertz CT molecular complexity index is 1150. The van der Waals surface area contributed by atoms with Crippen LogP contribution in [-0.2, 0) is 30.3 Å². The number of unbranched alkanes of at least 4 members (excludes halogenated alkanes) is 5. The molecule has 2 aromatic rings. The second-order valence-electron chi connectivity index (χ2n) is 13.1. The highest BCUT2D eigenvalue weighted by Crippen LogP contribution is 2.52. The van der Waals surface area contributed by atoms with Crippen molar-refractivity contribution in [3.05, 3.63) is 59.2 Å². The first-order valence-electron chi connectivity index (χ1n) is 19.3. The molecule has 1 heterocycles. The van der Waals surface area contributed by atoms with Gasteiger partial charge in [0, 0.05) is 32.0 Å². The van der Waals surface area contributed by atoms with Gasteiger partial charge in [0.1, 0.15) is 29.8 Å². The summed E-state index contributed by atoms with van der Waals surface area (Å²) in [5, 5.41) is 13.1. The molecule has 0 aliphatic carbocycles. The van der Waals surface area contributed by atoms with Crippen molar-refractivity contribution in [3.8, 4) is 11.5 Å². The number of hydrogen-bond donors (Lipinski definition) is 1. The van der Waals surface area contributed by atoms with Crippen LogP contribution < -0.4 is 9.47 Å². The average Bonchev–Trinajstić information content (AvgIpc) is 3.10. The first kappa shape index (κ1) is 41.6. The largest absolute Gasteiger partial charge is 0.494 e. The molecule has 278 valence electrons. The van der Waals surface area contributed by atoms with Crippen LogP contribution in [0.1, 0.15) is 122 Å². The summed E-state index contributed by atoms with van der Waals surface area (Å²) in [6, 6.07) is 14.5. The molecular weight excluding hydrogens is 637 g/mol. The first-order valence-corrected chi connectivity index (χ1v) is 20.1. The Kier molecular flexibility index (Phi) is 20.1. The number of hydrogen-bond acceptors (Lipinski definition) is 8. The molecule has 1 aliphatic rings. The highest BCUT2D eigenvalue weighted by molar-refractivity contribution is 8.00. The SMILES string of the molecule is CCCCOC[C@H]1SC(O)(c2cc(Cc3ccc(OCC)cc3)ccc2OCCCC)[C@H](OCCCC)[C@@H](OCCCC)[C@@H]1OCCCC. The second-order valence-corrected chi connectivity index (χ2v) is 14.6. The Balaban J connectivity index is 2.13. The quantitative estimate of drug-likeness (QED) is 0.0973. The number of rotatable bonds is 26. The molecule has 0 aromatic heterocycles. The van der Waals surface area contributed by atoms with Crippen molar-refractivity contribution < 1.29 is 33.5 Å². The monoisotopic (exact) mass is 702 g/mol. The maximum absolute atomic E-state index is 13.3. The van der Waals surface area contributed by atoms with Gasteiger partial charge in [0.25, 0.3) is 0 Å². The Morgan fingerprint density at radius 2 is 1.20 bits per heavy atom. The van der Waals surface area contributed by atoms with Crippen LogP contribution in [0, 0.1) is 0 Å². The van der Waals surface area contributed by atoms with Gasteiger partial charge >= 0.3 is 0 Å². The third-order valence-corrected chi connectivity index (χ3v) is 10.4. The number of ether oxygens (including phenoxy) is 6. The molecule has 7 nitrogen and oxygen atoms in total. The molecule has 0 radical (unpaired) electrons. The van der Waals surface area contributed by atoms with Gasteiger partial charge < -0.3 is 33.5 Å². The minimum absolute atomic E-state index is 0.172. The van der Waals surface area contributed by atoms with E-state index in [2.05, 4.69) is 58.9 Å². The fourth-order valence-corrected chi connectivity index (χ4v) is 7.58. The van der Waals surface area contributed by atoms with Crippen molar-refractivity contribution in [3.63, 3.8) is 0 Å². The van der Waals surface area contributed by atoms with E-state index in [-0.39, 0.29) is 11.4 Å². The summed E-state index contributed by atoms with van der Waals surface area (Å²) in [6.45, 7) is 16.9. The zero-order valence-electron chi connectivity index (χ0n) is 31.4. The van der Waals surface area contributed by atoms with Crippen LogP contribution in [-0.4, -0.2) is 74.9 Å². The fraction of sp³-hybridized carbons (Fsp3) is 0.707. The van der Waals surface area contributed by atoms with Crippen molar-refractivity contribution in [1.29, 1.82) is 0 Å². The normalized spacial score (nSPS) is 22.3. The lowest BCUT2D eigenvalue weighted by molar-refractivity contribution is -0.190. The molecule has 3 rings (SSSR count). The molecular formula is C41H66O7S. The van der Waals surface area contributed by atoms with Crippen LogP contribution in [0.4, 0.5) is 0 Å². The van der Waals surface area contributed by atoms with Crippen LogP contribution in [0.2, 0.25) is 0 Å². The van der Waals surface area contributed by atoms with E-state index in [1.165, 1.54) is 17.3 Å². The molecule has 1 aliphatic heterocycles. The lowest BCUT2D eigenvalue weighted by Crippen LogP contribution is -2.61. The summed E-state index contributed by atoms with van der Waals surface area (Å²) in [6.07, 6.45) is 9.09. The molecule has 2 aromatic carbocycles. The Morgan fingerprint density at radius 3 is 1.84 bits per heavy atom. The molecule has 1 N–H and O–H groups in total. The minimum Gasteiger partial charge on any atom is -0.494 e. The molecule has 49 heavy (non-hydrogen) atoms. The first-order chi connectivity index (χ1) is 23.9. The highest BCUT2D eigenvalue weighted by Gasteiger charge is 2.57. The molecule has 0 bridgehead atoms. The Hall–Kier alpha value is -1.81. The van der Waals surface area contributed by atoms with E-state index >= 15 is 0 Å². The van der Waals surface area contributed by atoms with E-state index in [0.29, 0.717) is 58.4 Å². The number of benzene rings is 2. The summed E-state index contributed by atoms with van der Waals surface area (Å²) in [7, 11) is 0. The van der Waals surface area contributed by atoms with Gasteiger partial charge in [-0.2, -0.15) is 0 Å². The summed E-state index contributed by atoms with van der Waals surface area (Å²) >= 11 is 1.50. The lowest BCUT2D eigenvalue weighted by atomic mass is 9.91. The minimum atomic E-state index is -1.47. The Morgan fingerprint density at radius 1 is 0.633 bits per heavy atom. The zero-order valence-corrected chi connectivity index (χ0v) is 32.2. The molecule has 1 fully saturated rings. The van der Waals surface area contributed by atoms with E-state index in [1.807, 2.05) is 25.1 Å². The van der Waals surface area contributed by atoms with Gasteiger partial charge in [-0.05, 0) is 80.8 Å². The predicted molar refractivity (Wildman–Crippen MR) is 202 cm³/mol.